The minimum absolute atomic E-state index is 0.308. The number of nitrogens with zero attached hydrogens (tertiary/aromatic N) is 3. The molecular formula is C21H24FN3O. The molecule has 4 nitrogen and oxygen atoms in total. The van der Waals surface area contributed by atoms with Crippen molar-refractivity contribution >= 4 is 0 Å². The van der Waals surface area contributed by atoms with E-state index in [0.29, 0.717) is 17.9 Å². The van der Waals surface area contributed by atoms with Crippen LogP contribution < -0.4 is 4.74 Å². The van der Waals surface area contributed by atoms with Crippen molar-refractivity contribution in [2.75, 3.05) is 39.3 Å². The van der Waals surface area contributed by atoms with Crippen LogP contribution in [-0.2, 0) is 6.54 Å². The number of rotatable bonds is 6. The SMILES string of the molecule is N#Cc1ccc(CN2CCCN(CCOc3ccccc3F)CC2)cc1. The van der Waals surface area contributed by atoms with Crippen molar-refractivity contribution in [1.82, 2.24) is 9.80 Å². The molecule has 0 bridgehead atoms. The molecule has 0 aliphatic carbocycles. The summed E-state index contributed by atoms with van der Waals surface area (Å²) < 4.78 is 19.1. The molecule has 2 aromatic carbocycles. The zero-order valence-electron chi connectivity index (χ0n) is 14.9. The van der Waals surface area contributed by atoms with Crippen LogP contribution in [0.15, 0.2) is 48.5 Å². The average molecular weight is 353 g/mol. The van der Waals surface area contributed by atoms with Gasteiger partial charge in [0.05, 0.1) is 11.6 Å². The summed E-state index contributed by atoms with van der Waals surface area (Å²) in [5.41, 5.74) is 1.94. The van der Waals surface area contributed by atoms with Crippen LogP contribution in [0.5, 0.6) is 5.75 Å². The standard InChI is InChI=1S/C21H24FN3O/c22-20-4-1-2-5-21(20)26-15-14-24-10-3-11-25(13-12-24)17-19-8-6-18(16-23)7-9-19/h1-2,4-9H,3,10-15,17H2. The number of halogens is 1. The van der Waals surface area contributed by atoms with Gasteiger partial charge in [0.15, 0.2) is 11.6 Å². The fourth-order valence-electron chi connectivity index (χ4n) is 3.20. The van der Waals surface area contributed by atoms with Gasteiger partial charge in [-0.05, 0) is 49.3 Å². The molecule has 1 heterocycles. The lowest BCUT2D eigenvalue weighted by atomic mass is 10.1. The Bertz CT molecular complexity index is 742. The molecule has 0 radical (unpaired) electrons. The third kappa shape index (κ3) is 5.29. The predicted octanol–water partition coefficient (Wildman–Crippen LogP) is 3.28. The second-order valence-corrected chi connectivity index (χ2v) is 6.56. The monoisotopic (exact) mass is 353 g/mol. The van der Waals surface area contributed by atoms with E-state index >= 15 is 0 Å². The quantitative estimate of drug-likeness (QED) is 0.799. The van der Waals surface area contributed by atoms with Gasteiger partial charge in [-0.2, -0.15) is 5.26 Å². The predicted molar refractivity (Wildman–Crippen MR) is 99.4 cm³/mol. The van der Waals surface area contributed by atoms with Gasteiger partial charge in [-0.15, -0.1) is 0 Å². The van der Waals surface area contributed by atoms with Gasteiger partial charge in [0.2, 0.25) is 0 Å². The van der Waals surface area contributed by atoms with Crippen LogP contribution >= 0.6 is 0 Å². The Labute approximate surface area is 154 Å². The fourth-order valence-corrected chi connectivity index (χ4v) is 3.20. The number of benzene rings is 2. The van der Waals surface area contributed by atoms with Crippen LogP contribution in [-0.4, -0.2) is 49.1 Å². The van der Waals surface area contributed by atoms with Crippen molar-refractivity contribution < 1.29 is 9.13 Å². The molecule has 1 saturated heterocycles. The molecule has 1 fully saturated rings. The Hall–Kier alpha value is -2.42. The van der Waals surface area contributed by atoms with Gasteiger partial charge in [-0.3, -0.25) is 9.80 Å². The number of hydrogen-bond acceptors (Lipinski definition) is 4. The van der Waals surface area contributed by atoms with Gasteiger partial charge in [0.1, 0.15) is 6.61 Å². The minimum Gasteiger partial charge on any atom is -0.489 e. The zero-order valence-corrected chi connectivity index (χ0v) is 14.9. The van der Waals surface area contributed by atoms with E-state index in [1.165, 1.54) is 11.6 Å². The van der Waals surface area contributed by atoms with Crippen LogP contribution in [0.4, 0.5) is 4.39 Å². The first-order valence-electron chi connectivity index (χ1n) is 9.06. The lowest BCUT2D eigenvalue weighted by Gasteiger charge is -2.22. The molecule has 1 aliphatic rings. The molecule has 0 aromatic heterocycles. The molecule has 0 unspecified atom stereocenters. The summed E-state index contributed by atoms with van der Waals surface area (Å²) in [4.78, 5) is 4.82. The van der Waals surface area contributed by atoms with E-state index in [2.05, 4.69) is 15.9 Å². The fraction of sp³-hybridized carbons (Fsp3) is 0.381. The topological polar surface area (TPSA) is 39.5 Å². The van der Waals surface area contributed by atoms with E-state index < -0.39 is 0 Å². The molecular weight excluding hydrogens is 329 g/mol. The highest BCUT2D eigenvalue weighted by Crippen LogP contribution is 2.15. The molecule has 1 aliphatic heterocycles. The molecule has 0 N–H and O–H groups in total. The van der Waals surface area contributed by atoms with Crippen LogP contribution in [0.25, 0.3) is 0 Å². The number of ether oxygens (including phenoxy) is 1. The normalized spacial score (nSPS) is 16.0. The first-order chi connectivity index (χ1) is 12.7. The maximum atomic E-state index is 13.6. The lowest BCUT2D eigenvalue weighted by molar-refractivity contribution is 0.203. The highest BCUT2D eigenvalue weighted by molar-refractivity contribution is 5.31. The van der Waals surface area contributed by atoms with Gasteiger partial charge >= 0.3 is 0 Å². The Kier molecular flexibility index (Phi) is 6.59. The Balaban J connectivity index is 1.43. The van der Waals surface area contributed by atoms with Crippen molar-refractivity contribution in [3.05, 3.63) is 65.5 Å². The lowest BCUT2D eigenvalue weighted by Crippen LogP contribution is -2.33. The van der Waals surface area contributed by atoms with Gasteiger partial charge in [-0.1, -0.05) is 24.3 Å². The van der Waals surface area contributed by atoms with Crippen molar-refractivity contribution in [3.63, 3.8) is 0 Å². The highest BCUT2D eigenvalue weighted by Gasteiger charge is 2.15. The Morgan fingerprint density at radius 3 is 2.46 bits per heavy atom. The van der Waals surface area contributed by atoms with Crippen LogP contribution in [0.1, 0.15) is 17.5 Å². The van der Waals surface area contributed by atoms with E-state index in [9.17, 15) is 4.39 Å². The zero-order chi connectivity index (χ0) is 18.2. The summed E-state index contributed by atoms with van der Waals surface area (Å²) in [6.45, 7) is 6.28. The van der Waals surface area contributed by atoms with E-state index in [0.717, 1.165) is 45.7 Å². The van der Waals surface area contributed by atoms with Crippen molar-refractivity contribution in [2.24, 2.45) is 0 Å². The third-order valence-corrected chi connectivity index (χ3v) is 4.67. The van der Waals surface area contributed by atoms with E-state index in [1.807, 2.05) is 24.3 Å². The number of para-hydroxylation sites is 1. The Morgan fingerprint density at radius 1 is 0.962 bits per heavy atom. The maximum Gasteiger partial charge on any atom is 0.165 e. The van der Waals surface area contributed by atoms with Gasteiger partial charge in [0.25, 0.3) is 0 Å². The Morgan fingerprint density at radius 2 is 1.69 bits per heavy atom. The van der Waals surface area contributed by atoms with Crippen LogP contribution in [0.3, 0.4) is 0 Å². The highest BCUT2D eigenvalue weighted by atomic mass is 19.1. The summed E-state index contributed by atoms with van der Waals surface area (Å²) in [7, 11) is 0. The van der Waals surface area contributed by atoms with Crippen LogP contribution in [0, 0.1) is 17.1 Å². The molecule has 0 saturated carbocycles. The molecule has 2 aromatic rings. The third-order valence-electron chi connectivity index (χ3n) is 4.67. The minimum atomic E-state index is -0.308. The number of nitriles is 1. The summed E-state index contributed by atoms with van der Waals surface area (Å²) in [5.74, 6) is 0.0155. The summed E-state index contributed by atoms with van der Waals surface area (Å²) >= 11 is 0. The number of hydrogen-bond donors (Lipinski definition) is 0. The second-order valence-electron chi connectivity index (χ2n) is 6.56. The van der Waals surface area contributed by atoms with Crippen molar-refractivity contribution in [1.29, 1.82) is 5.26 Å². The van der Waals surface area contributed by atoms with E-state index in [1.54, 1.807) is 18.2 Å². The molecule has 3 rings (SSSR count). The largest absolute Gasteiger partial charge is 0.489 e. The molecule has 0 atom stereocenters. The molecule has 5 heteroatoms. The summed E-state index contributed by atoms with van der Waals surface area (Å²) in [5, 5.41) is 8.88. The summed E-state index contributed by atoms with van der Waals surface area (Å²) in [6, 6.07) is 16.5. The van der Waals surface area contributed by atoms with Gasteiger partial charge in [-0.25, -0.2) is 4.39 Å². The van der Waals surface area contributed by atoms with E-state index in [-0.39, 0.29) is 5.82 Å². The molecule has 0 amide bonds. The molecule has 26 heavy (non-hydrogen) atoms. The van der Waals surface area contributed by atoms with E-state index in [4.69, 9.17) is 10.00 Å². The second kappa shape index (κ2) is 9.33. The molecule has 136 valence electrons. The van der Waals surface area contributed by atoms with Crippen molar-refractivity contribution in [3.8, 4) is 11.8 Å². The summed E-state index contributed by atoms with van der Waals surface area (Å²) in [6.07, 6.45) is 1.11. The first kappa shape index (κ1) is 18.4. The van der Waals surface area contributed by atoms with Gasteiger partial charge in [0, 0.05) is 26.2 Å². The van der Waals surface area contributed by atoms with Crippen molar-refractivity contribution in [2.45, 2.75) is 13.0 Å². The average Bonchev–Trinajstić information content (AvgIpc) is 2.89. The smallest absolute Gasteiger partial charge is 0.165 e. The maximum absolute atomic E-state index is 13.6. The molecule has 0 spiro atoms. The van der Waals surface area contributed by atoms with Gasteiger partial charge < -0.3 is 4.74 Å². The first-order valence-corrected chi connectivity index (χ1v) is 9.06. The van der Waals surface area contributed by atoms with Crippen LogP contribution in [0.2, 0.25) is 0 Å².